The Morgan fingerprint density at radius 2 is 1.94 bits per heavy atom. The first-order valence-corrected chi connectivity index (χ1v) is 5.67. The molecule has 4 nitrogen and oxygen atoms in total. The lowest BCUT2D eigenvalue weighted by Gasteiger charge is -2.02. The molecule has 0 bridgehead atoms. The van der Waals surface area contributed by atoms with E-state index in [0.29, 0.717) is 11.7 Å². The summed E-state index contributed by atoms with van der Waals surface area (Å²) in [7, 11) is 2.00. The van der Waals surface area contributed by atoms with Gasteiger partial charge in [0, 0.05) is 18.6 Å². The van der Waals surface area contributed by atoms with Crippen molar-refractivity contribution in [2.24, 2.45) is 7.05 Å². The van der Waals surface area contributed by atoms with Crippen molar-refractivity contribution < 1.29 is 0 Å². The summed E-state index contributed by atoms with van der Waals surface area (Å²) < 4.78 is 2.04. The minimum absolute atomic E-state index is 0.449. The van der Waals surface area contributed by atoms with Crippen molar-refractivity contribution >= 4 is 16.7 Å². The highest BCUT2D eigenvalue weighted by Gasteiger charge is 2.12. The fourth-order valence-corrected chi connectivity index (χ4v) is 1.74. The van der Waals surface area contributed by atoms with Crippen molar-refractivity contribution in [3.8, 4) is 0 Å². The smallest absolute Gasteiger partial charge is 0.155 e. The van der Waals surface area contributed by atoms with Crippen molar-refractivity contribution in [2.75, 3.05) is 5.73 Å². The lowest BCUT2D eigenvalue weighted by atomic mass is 10.0. The molecule has 2 N–H and O–H groups in total. The summed E-state index contributed by atoms with van der Waals surface area (Å²) in [6, 6.07) is 0. The Morgan fingerprint density at radius 3 is 2.50 bits per heavy atom. The minimum atomic E-state index is 0.449. The van der Waals surface area contributed by atoms with Crippen LogP contribution in [-0.2, 0) is 7.05 Å². The molecule has 0 saturated heterocycles. The lowest BCUT2D eigenvalue weighted by molar-refractivity contribution is 0.857. The van der Waals surface area contributed by atoms with E-state index in [4.69, 9.17) is 5.73 Å². The molecule has 0 radical (unpaired) electrons. The Balaban J connectivity index is 0.000000606. The number of hydrogen-bond acceptors (Lipinski definition) is 3. The van der Waals surface area contributed by atoms with E-state index in [9.17, 15) is 0 Å². The SMILES string of the molecule is CC.CC(C)c1cn(C)c2cnnc(N)c12. The summed E-state index contributed by atoms with van der Waals surface area (Å²) in [4.78, 5) is 0. The van der Waals surface area contributed by atoms with Crippen LogP contribution in [-0.4, -0.2) is 14.8 Å². The van der Waals surface area contributed by atoms with Crippen LogP contribution in [0.5, 0.6) is 0 Å². The fourth-order valence-electron chi connectivity index (χ4n) is 1.74. The zero-order valence-corrected chi connectivity index (χ0v) is 10.7. The number of rotatable bonds is 1. The number of aryl methyl sites for hydroxylation is 1. The van der Waals surface area contributed by atoms with Gasteiger partial charge in [-0.25, -0.2) is 0 Å². The summed E-state index contributed by atoms with van der Waals surface area (Å²) in [5.41, 5.74) is 8.10. The number of nitrogens with two attached hydrogens (primary N) is 1. The van der Waals surface area contributed by atoms with Gasteiger partial charge in [-0.05, 0) is 11.5 Å². The number of anilines is 1. The molecule has 2 aromatic heterocycles. The molecule has 88 valence electrons. The fraction of sp³-hybridized carbons (Fsp3) is 0.500. The van der Waals surface area contributed by atoms with E-state index in [0.717, 1.165) is 10.9 Å². The van der Waals surface area contributed by atoms with Crippen molar-refractivity contribution in [2.45, 2.75) is 33.6 Å². The van der Waals surface area contributed by atoms with Crippen LogP contribution >= 0.6 is 0 Å². The zero-order chi connectivity index (χ0) is 12.3. The molecule has 2 heterocycles. The zero-order valence-electron chi connectivity index (χ0n) is 10.7. The molecule has 2 rings (SSSR count). The van der Waals surface area contributed by atoms with E-state index in [2.05, 4.69) is 30.2 Å². The van der Waals surface area contributed by atoms with E-state index in [1.165, 1.54) is 5.56 Å². The van der Waals surface area contributed by atoms with Gasteiger partial charge >= 0.3 is 0 Å². The maximum absolute atomic E-state index is 5.82. The van der Waals surface area contributed by atoms with Crippen molar-refractivity contribution in [3.63, 3.8) is 0 Å². The third-order valence-corrected chi connectivity index (χ3v) is 2.48. The predicted molar refractivity (Wildman–Crippen MR) is 68.4 cm³/mol. The molecule has 0 atom stereocenters. The Morgan fingerprint density at radius 1 is 1.31 bits per heavy atom. The number of fused-ring (bicyclic) bond motifs is 1. The van der Waals surface area contributed by atoms with Crippen LogP contribution in [0.15, 0.2) is 12.4 Å². The van der Waals surface area contributed by atoms with Gasteiger partial charge in [0.1, 0.15) is 0 Å². The van der Waals surface area contributed by atoms with Gasteiger partial charge in [0.25, 0.3) is 0 Å². The Kier molecular flexibility index (Phi) is 3.88. The molecule has 0 saturated carbocycles. The van der Waals surface area contributed by atoms with Crippen LogP contribution in [0.4, 0.5) is 5.82 Å². The van der Waals surface area contributed by atoms with Crippen LogP contribution in [0, 0.1) is 0 Å². The Labute approximate surface area is 96.5 Å². The molecule has 0 aliphatic rings. The first-order chi connectivity index (χ1) is 7.61. The van der Waals surface area contributed by atoms with E-state index in [1.54, 1.807) is 6.20 Å². The highest BCUT2D eigenvalue weighted by molar-refractivity contribution is 5.92. The number of nitrogens with zero attached hydrogens (tertiary/aromatic N) is 3. The van der Waals surface area contributed by atoms with Gasteiger partial charge in [-0.2, -0.15) is 5.10 Å². The average Bonchev–Trinajstić information content (AvgIpc) is 2.61. The third-order valence-electron chi connectivity index (χ3n) is 2.48. The number of hydrogen-bond donors (Lipinski definition) is 1. The van der Waals surface area contributed by atoms with Gasteiger partial charge in [0.15, 0.2) is 5.82 Å². The second kappa shape index (κ2) is 4.96. The molecule has 0 aliphatic heterocycles. The maximum Gasteiger partial charge on any atom is 0.155 e. The normalized spacial score (nSPS) is 10.4. The monoisotopic (exact) mass is 220 g/mol. The first kappa shape index (κ1) is 12.5. The van der Waals surface area contributed by atoms with Gasteiger partial charge in [-0.15, -0.1) is 5.10 Å². The third kappa shape index (κ3) is 2.01. The molecule has 0 amide bonds. The average molecular weight is 220 g/mol. The molecular weight excluding hydrogens is 200 g/mol. The van der Waals surface area contributed by atoms with E-state index in [-0.39, 0.29) is 0 Å². The molecule has 0 spiro atoms. The van der Waals surface area contributed by atoms with Crippen LogP contribution < -0.4 is 5.73 Å². The number of aromatic nitrogens is 3. The predicted octanol–water partition coefficient (Wildman–Crippen LogP) is 2.70. The quantitative estimate of drug-likeness (QED) is 0.804. The summed E-state index contributed by atoms with van der Waals surface area (Å²) >= 11 is 0. The topological polar surface area (TPSA) is 56.7 Å². The summed E-state index contributed by atoms with van der Waals surface area (Å²) in [6.45, 7) is 8.29. The van der Waals surface area contributed by atoms with Crippen LogP contribution in [0.2, 0.25) is 0 Å². The summed E-state index contributed by atoms with van der Waals surface area (Å²) in [5, 5.41) is 8.77. The van der Waals surface area contributed by atoms with Crippen LogP contribution in [0.1, 0.15) is 39.2 Å². The maximum atomic E-state index is 5.82. The molecule has 0 aromatic carbocycles. The number of nitrogen functional groups attached to an aromatic ring is 1. The van der Waals surface area contributed by atoms with Gasteiger partial charge in [-0.3, -0.25) is 0 Å². The van der Waals surface area contributed by atoms with Crippen LogP contribution in [0.25, 0.3) is 10.9 Å². The molecule has 0 unspecified atom stereocenters. The van der Waals surface area contributed by atoms with Crippen molar-refractivity contribution in [1.82, 2.24) is 14.8 Å². The Bertz CT molecular complexity index is 471. The first-order valence-electron chi connectivity index (χ1n) is 5.67. The second-order valence-corrected chi connectivity index (χ2v) is 3.84. The minimum Gasteiger partial charge on any atom is -0.382 e. The van der Waals surface area contributed by atoms with Crippen molar-refractivity contribution in [1.29, 1.82) is 0 Å². The standard InChI is InChI=1S/C10H14N4.C2H6/c1-6(2)7-5-14(3)8-4-12-13-10(11)9(7)8;1-2/h4-6H,1-3H3,(H2,11,13);1-2H3. The van der Waals surface area contributed by atoms with Gasteiger partial charge in [-0.1, -0.05) is 27.7 Å². The van der Waals surface area contributed by atoms with Crippen LogP contribution in [0.3, 0.4) is 0 Å². The van der Waals surface area contributed by atoms with E-state index in [1.807, 2.05) is 25.5 Å². The summed E-state index contributed by atoms with van der Waals surface area (Å²) in [5.74, 6) is 0.969. The van der Waals surface area contributed by atoms with Gasteiger partial charge < -0.3 is 10.3 Å². The molecule has 0 aliphatic carbocycles. The van der Waals surface area contributed by atoms with Gasteiger partial charge in [0.05, 0.1) is 11.7 Å². The highest BCUT2D eigenvalue weighted by Crippen LogP contribution is 2.29. The molecule has 2 aromatic rings. The van der Waals surface area contributed by atoms with E-state index >= 15 is 0 Å². The summed E-state index contributed by atoms with van der Waals surface area (Å²) in [6.07, 6.45) is 3.84. The molecule has 4 heteroatoms. The Hall–Kier alpha value is -1.58. The molecule has 16 heavy (non-hydrogen) atoms. The molecule has 0 fully saturated rings. The van der Waals surface area contributed by atoms with Gasteiger partial charge in [0.2, 0.25) is 0 Å². The highest BCUT2D eigenvalue weighted by atomic mass is 15.1. The lowest BCUT2D eigenvalue weighted by Crippen LogP contribution is -1.95. The molecular formula is C12H20N4. The van der Waals surface area contributed by atoms with E-state index < -0.39 is 0 Å². The largest absolute Gasteiger partial charge is 0.382 e. The second-order valence-electron chi connectivity index (χ2n) is 3.84. The van der Waals surface area contributed by atoms with Crippen molar-refractivity contribution in [3.05, 3.63) is 18.0 Å².